The van der Waals surface area contributed by atoms with E-state index in [1.54, 1.807) is 55.7 Å². The van der Waals surface area contributed by atoms with Crippen molar-refractivity contribution in [3.63, 3.8) is 0 Å². The van der Waals surface area contributed by atoms with E-state index in [2.05, 4.69) is 14.9 Å². The first-order chi connectivity index (χ1) is 21.6. The number of halogens is 1. The molecule has 4 heterocycles. The van der Waals surface area contributed by atoms with Gasteiger partial charge in [0.1, 0.15) is 24.0 Å². The van der Waals surface area contributed by atoms with Crippen LogP contribution in [-0.2, 0) is 21.4 Å². The van der Waals surface area contributed by atoms with Gasteiger partial charge < -0.3 is 19.3 Å². The van der Waals surface area contributed by atoms with E-state index in [1.807, 2.05) is 11.0 Å². The number of hydrogen-bond donors (Lipinski definition) is 0. The van der Waals surface area contributed by atoms with Crippen LogP contribution in [0.5, 0.6) is 11.8 Å². The lowest BCUT2D eigenvalue weighted by Crippen LogP contribution is -2.45. The maximum atomic E-state index is 13.8. The van der Waals surface area contributed by atoms with Crippen molar-refractivity contribution in [3.05, 3.63) is 71.2 Å². The summed E-state index contributed by atoms with van der Waals surface area (Å²) in [4.78, 5) is 26.8. The Balaban J connectivity index is 1.07. The minimum Gasteiger partial charge on any atom is -0.497 e. The normalized spacial score (nSPS) is 20.3. The molecule has 0 saturated carbocycles. The van der Waals surface area contributed by atoms with Crippen molar-refractivity contribution < 1.29 is 27.1 Å². The topological polar surface area (TPSA) is 105 Å². The number of hydrogen-bond acceptors (Lipinski definition) is 8. The summed E-state index contributed by atoms with van der Waals surface area (Å²) in [6, 6.07) is 11.5. The van der Waals surface area contributed by atoms with E-state index in [9.17, 15) is 17.6 Å². The Morgan fingerprint density at radius 1 is 1.00 bits per heavy atom. The van der Waals surface area contributed by atoms with Gasteiger partial charge in [-0.25, -0.2) is 17.8 Å². The largest absolute Gasteiger partial charge is 0.497 e. The molecular formula is C33H40FN5O5S. The molecule has 6 rings (SSSR count). The SMILES string of the molecule is COc1cc(C)c(S(=O)(=O)N2CCC[C@H]2COc2nccc(N3CCC4(CCN(Cc5ccc(F)cc5)C4=O)CC3)n2)c(C)c1. The average molecular weight is 638 g/mol. The highest BCUT2D eigenvalue weighted by molar-refractivity contribution is 7.89. The fourth-order valence-electron chi connectivity index (χ4n) is 7.07. The standard InChI is InChI=1S/C33H40FN5O5S/c1-23-19-28(43-3)20-24(2)30(23)45(41,42)39-15-4-5-27(39)22-44-32-35-14-10-29(36-32)37-16-11-33(12-17-37)13-18-38(31(33)40)21-25-6-8-26(34)9-7-25/h6-10,14,19-20,27H,4-5,11-13,15-18,21-22H2,1-3H3/t27-/m0/s1. The fraction of sp³-hybridized carbons (Fsp3) is 0.485. The Hall–Kier alpha value is -3.77. The van der Waals surface area contributed by atoms with E-state index in [0.29, 0.717) is 60.9 Å². The molecule has 0 unspecified atom stereocenters. The number of piperidine rings is 1. The molecule has 1 amide bonds. The van der Waals surface area contributed by atoms with Crippen LogP contribution in [0.15, 0.2) is 53.6 Å². The third-order valence-electron chi connectivity index (χ3n) is 9.52. The van der Waals surface area contributed by atoms with Crippen LogP contribution in [0.2, 0.25) is 0 Å². The first kappa shape index (κ1) is 31.2. The first-order valence-corrected chi connectivity index (χ1v) is 17.0. The minimum atomic E-state index is -3.74. The second-order valence-corrected chi connectivity index (χ2v) is 14.2. The predicted molar refractivity (Wildman–Crippen MR) is 167 cm³/mol. The van der Waals surface area contributed by atoms with Gasteiger partial charge in [-0.3, -0.25) is 4.79 Å². The Morgan fingerprint density at radius 2 is 1.69 bits per heavy atom. The minimum absolute atomic E-state index is 0.151. The van der Waals surface area contributed by atoms with E-state index in [4.69, 9.17) is 9.47 Å². The molecule has 240 valence electrons. The number of ether oxygens (including phenoxy) is 2. The fourth-order valence-corrected chi connectivity index (χ4v) is 9.17. The Kier molecular flexibility index (Phi) is 8.71. The van der Waals surface area contributed by atoms with Crippen molar-refractivity contribution in [3.8, 4) is 11.8 Å². The molecule has 0 aliphatic carbocycles. The number of amides is 1. The number of methoxy groups -OCH3 is 1. The van der Waals surface area contributed by atoms with Crippen molar-refractivity contribution in [2.75, 3.05) is 44.8 Å². The lowest BCUT2D eigenvalue weighted by atomic mass is 9.77. The summed E-state index contributed by atoms with van der Waals surface area (Å²) in [7, 11) is -2.17. The van der Waals surface area contributed by atoms with E-state index >= 15 is 0 Å². The lowest BCUT2D eigenvalue weighted by Gasteiger charge is -2.38. The molecule has 3 saturated heterocycles. The molecule has 0 N–H and O–H groups in total. The summed E-state index contributed by atoms with van der Waals surface area (Å²) in [6.45, 7) is 6.72. The average Bonchev–Trinajstić information content (AvgIpc) is 3.63. The van der Waals surface area contributed by atoms with Crippen molar-refractivity contribution >= 4 is 21.7 Å². The van der Waals surface area contributed by atoms with E-state index in [0.717, 1.165) is 37.1 Å². The predicted octanol–water partition coefficient (Wildman–Crippen LogP) is 4.49. The molecule has 45 heavy (non-hydrogen) atoms. The van der Waals surface area contributed by atoms with Gasteiger partial charge in [-0.05, 0) is 93.0 Å². The quantitative estimate of drug-likeness (QED) is 0.338. The third-order valence-corrected chi connectivity index (χ3v) is 11.8. The molecule has 3 aliphatic rings. The van der Waals surface area contributed by atoms with E-state index in [1.165, 1.54) is 12.1 Å². The number of aryl methyl sites for hydroxylation is 2. The summed E-state index contributed by atoms with van der Waals surface area (Å²) in [5.74, 6) is 1.25. The van der Waals surface area contributed by atoms with Crippen LogP contribution < -0.4 is 14.4 Å². The van der Waals surface area contributed by atoms with Crippen molar-refractivity contribution in [1.82, 2.24) is 19.2 Å². The number of sulfonamides is 1. The van der Waals surface area contributed by atoms with Crippen molar-refractivity contribution in [1.29, 1.82) is 0 Å². The maximum absolute atomic E-state index is 13.8. The maximum Gasteiger partial charge on any atom is 0.318 e. The van der Waals surface area contributed by atoms with Crippen LogP contribution in [-0.4, -0.2) is 79.4 Å². The highest BCUT2D eigenvalue weighted by Gasteiger charge is 2.48. The highest BCUT2D eigenvalue weighted by atomic mass is 32.2. The summed E-state index contributed by atoms with van der Waals surface area (Å²) in [5.41, 5.74) is 1.85. The van der Waals surface area contributed by atoms with Gasteiger partial charge in [0.05, 0.1) is 23.5 Å². The molecule has 12 heteroatoms. The van der Waals surface area contributed by atoms with Gasteiger partial charge >= 0.3 is 6.01 Å². The molecular weight excluding hydrogens is 597 g/mol. The second kappa shape index (κ2) is 12.6. The molecule has 0 radical (unpaired) electrons. The molecule has 1 spiro atoms. The van der Waals surface area contributed by atoms with Gasteiger partial charge in [-0.2, -0.15) is 9.29 Å². The zero-order chi connectivity index (χ0) is 31.8. The second-order valence-electron chi connectivity index (χ2n) is 12.4. The van der Waals surface area contributed by atoms with E-state index < -0.39 is 10.0 Å². The van der Waals surface area contributed by atoms with E-state index in [-0.39, 0.29) is 35.8 Å². The monoisotopic (exact) mass is 637 g/mol. The number of carbonyl (C=O) groups excluding carboxylic acids is 1. The van der Waals surface area contributed by atoms with Gasteiger partial charge in [-0.15, -0.1) is 0 Å². The zero-order valence-corrected chi connectivity index (χ0v) is 26.9. The zero-order valence-electron chi connectivity index (χ0n) is 26.0. The van der Waals surface area contributed by atoms with Gasteiger partial charge in [0.2, 0.25) is 15.9 Å². The number of anilines is 1. The molecule has 3 aromatic rings. The molecule has 10 nitrogen and oxygen atoms in total. The number of aromatic nitrogens is 2. The molecule has 0 bridgehead atoms. The number of benzene rings is 2. The first-order valence-electron chi connectivity index (χ1n) is 15.5. The number of likely N-dealkylation sites (tertiary alicyclic amines) is 1. The van der Waals surface area contributed by atoms with Crippen molar-refractivity contribution in [2.45, 2.75) is 63.4 Å². The number of carbonyl (C=O) groups is 1. The molecule has 1 atom stereocenters. The molecule has 2 aromatic carbocycles. The molecule has 3 aliphatic heterocycles. The van der Waals surface area contributed by atoms with Crippen LogP contribution in [0.1, 0.15) is 48.8 Å². The number of nitrogens with zero attached hydrogens (tertiary/aromatic N) is 5. The Morgan fingerprint density at radius 3 is 2.38 bits per heavy atom. The van der Waals surface area contributed by atoms with Crippen LogP contribution in [0.4, 0.5) is 10.2 Å². The molecule has 3 fully saturated rings. The molecule has 1 aromatic heterocycles. The smallest absolute Gasteiger partial charge is 0.318 e. The third kappa shape index (κ3) is 6.22. The van der Waals surface area contributed by atoms with Gasteiger partial charge in [-0.1, -0.05) is 12.1 Å². The van der Waals surface area contributed by atoms with Crippen molar-refractivity contribution in [2.24, 2.45) is 5.41 Å². The summed E-state index contributed by atoms with van der Waals surface area (Å²) in [5, 5.41) is 0. The summed E-state index contributed by atoms with van der Waals surface area (Å²) >= 11 is 0. The van der Waals surface area contributed by atoms with Gasteiger partial charge in [0.15, 0.2) is 0 Å². The Labute approximate surface area is 264 Å². The summed E-state index contributed by atoms with van der Waals surface area (Å²) in [6.07, 6.45) is 5.36. The van der Waals surface area contributed by atoms with Crippen LogP contribution >= 0.6 is 0 Å². The van der Waals surface area contributed by atoms with Gasteiger partial charge in [0.25, 0.3) is 0 Å². The van der Waals surface area contributed by atoms with Crippen LogP contribution in [0, 0.1) is 25.1 Å². The Bertz CT molecular complexity index is 1640. The van der Waals surface area contributed by atoms with Crippen LogP contribution in [0.25, 0.3) is 0 Å². The van der Waals surface area contributed by atoms with Crippen LogP contribution in [0.3, 0.4) is 0 Å². The number of rotatable bonds is 9. The lowest BCUT2D eigenvalue weighted by molar-refractivity contribution is -0.137. The summed E-state index contributed by atoms with van der Waals surface area (Å²) < 4.78 is 53.7. The van der Waals surface area contributed by atoms with Gasteiger partial charge in [0, 0.05) is 38.9 Å². The highest BCUT2D eigenvalue weighted by Crippen LogP contribution is 2.43.